The van der Waals surface area contributed by atoms with E-state index >= 15 is 0 Å². The molecule has 0 spiro atoms. The van der Waals surface area contributed by atoms with Gasteiger partial charge in [0.2, 0.25) is 5.91 Å². The molecule has 3 nitrogen and oxygen atoms in total. The van der Waals surface area contributed by atoms with Crippen molar-refractivity contribution in [1.82, 2.24) is 10.3 Å². The highest BCUT2D eigenvalue weighted by atomic mass is 16.1. The second-order valence-corrected chi connectivity index (χ2v) is 4.71. The number of hydrogen-bond acceptors (Lipinski definition) is 2. The third-order valence-corrected chi connectivity index (χ3v) is 3.13. The summed E-state index contributed by atoms with van der Waals surface area (Å²) >= 11 is 0. The Bertz CT molecular complexity index is 605. The maximum absolute atomic E-state index is 11.9. The van der Waals surface area contributed by atoms with E-state index in [9.17, 15) is 4.79 Å². The zero-order valence-corrected chi connectivity index (χ0v) is 11.7. The number of carbonyl (C=O) groups excluding carboxylic acids is 1. The lowest BCUT2D eigenvalue weighted by Crippen LogP contribution is -2.25. The van der Waals surface area contributed by atoms with Crippen LogP contribution in [0.1, 0.15) is 29.7 Å². The maximum Gasteiger partial charge on any atom is 0.244 e. The summed E-state index contributed by atoms with van der Waals surface area (Å²) in [6, 6.07) is 11.8. The second-order valence-electron chi connectivity index (χ2n) is 4.71. The summed E-state index contributed by atoms with van der Waals surface area (Å²) in [4.78, 5) is 15.9. The molecule has 1 unspecified atom stereocenters. The van der Waals surface area contributed by atoms with Crippen LogP contribution in [0.25, 0.3) is 6.08 Å². The third-order valence-electron chi connectivity index (χ3n) is 3.13. The first kappa shape index (κ1) is 14.0. The van der Waals surface area contributed by atoms with Gasteiger partial charge in [0.05, 0.1) is 6.04 Å². The summed E-state index contributed by atoms with van der Waals surface area (Å²) in [7, 11) is 0. The molecule has 0 saturated carbocycles. The van der Waals surface area contributed by atoms with E-state index in [0.29, 0.717) is 0 Å². The number of aryl methyl sites for hydroxylation is 1. The molecule has 1 N–H and O–H groups in total. The Kier molecular flexibility index (Phi) is 4.66. The van der Waals surface area contributed by atoms with Crippen LogP contribution in [-0.2, 0) is 4.79 Å². The van der Waals surface area contributed by atoms with Crippen molar-refractivity contribution in [2.75, 3.05) is 0 Å². The number of aromatic nitrogens is 1. The summed E-state index contributed by atoms with van der Waals surface area (Å²) < 4.78 is 0. The predicted octanol–water partition coefficient (Wildman–Crippen LogP) is 3.28. The van der Waals surface area contributed by atoms with E-state index in [4.69, 9.17) is 0 Å². The van der Waals surface area contributed by atoms with Crippen LogP contribution >= 0.6 is 0 Å². The van der Waals surface area contributed by atoms with Crippen LogP contribution in [-0.4, -0.2) is 10.9 Å². The second kappa shape index (κ2) is 6.66. The SMILES string of the molecule is Cc1ccccc1C(C)NC(=O)/C=C/c1cccnc1. The van der Waals surface area contributed by atoms with E-state index in [1.165, 1.54) is 11.6 Å². The van der Waals surface area contributed by atoms with Crippen molar-refractivity contribution in [3.8, 4) is 0 Å². The highest BCUT2D eigenvalue weighted by Gasteiger charge is 2.09. The molecular formula is C17H18N2O. The average Bonchev–Trinajstić information content (AvgIpc) is 2.46. The van der Waals surface area contributed by atoms with Crippen LogP contribution in [0.5, 0.6) is 0 Å². The molecule has 0 saturated heterocycles. The van der Waals surface area contributed by atoms with Gasteiger partial charge in [0, 0.05) is 18.5 Å². The summed E-state index contributed by atoms with van der Waals surface area (Å²) in [5, 5.41) is 2.96. The number of pyridine rings is 1. The van der Waals surface area contributed by atoms with Crippen molar-refractivity contribution >= 4 is 12.0 Å². The van der Waals surface area contributed by atoms with Gasteiger partial charge < -0.3 is 5.32 Å². The maximum atomic E-state index is 11.9. The molecule has 20 heavy (non-hydrogen) atoms. The standard InChI is InChI=1S/C17H18N2O/c1-13-6-3-4-8-16(13)14(2)19-17(20)10-9-15-7-5-11-18-12-15/h3-12,14H,1-2H3,(H,19,20)/b10-9+. The van der Waals surface area contributed by atoms with Crippen molar-refractivity contribution in [2.24, 2.45) is 0 Å². The number of nitrogens with zero attached hydrogens (tertiary/aromatic N) is 1. The molecule has 0 aliphatic rings. The number of rotatable bonds is 4. The fraction of sp³-hybridized carbons (Fsp3) is 0.176. The molecule has 2 aromatic rings. The molecular weight excluding hydrogens is 248 g/mol. The van der Waals surface area contributed by atoms with E-state index in [1.54, 1.807) is 18.5 Å². The van der Waals surface area contributed by atoms with Crippen LogP contribution in [0.15, 0.2) is 54.9 Å². The van der Waals surface area contributed by atoms with E-state index in [2.05, 4.69) is 10.3 Å². The molecule has 1 aromatic heterocycles. The van der Waals surface area contributed by atoms with Crippen molar-refractivity contribution in [3.05, 3.63) is 71.6 Å². The van der Waals surface area contributed by atoms with Gasteiger partial charge in [0.25, 0.3) is 0 Å². The van der Waals surface area contributed by atoms with Gasteiger partial charge in [-0.2, -0.15) is 0 Å². The largest absolute Gasteiger partial charge is 0.346 e. The molecule has 1 heterocycles. The molecule has 1 aromatic carbocycles. The van der Waals surface area contributed by atoms with Gasteiger partial charge in [-0.15, -0.1) is 0 Å². The Morgan fingerprint density at radius 1 is 1.25 bits per heavy atom. The first-order valence-corrected chi connectivity index (χ1v) is 6.61. The Hall–Kier alpha value is -2.42. The van der Waals surface area contributed by atoms with Gasteiger partial charge in [-0.1, -0.05) is 30.3 Å². The Morgan fingerprint density at radius 3 is 2.75 bits per heavy atom. The van der Waals surface area contributed by atoms with Crippen LogP contribution < -0.4 is 5.32 Å². The van der Waals surface area contributed by atoms with Crippen molar-refractivity contribution in [1.29, 1.82) is 0 Å². The monoisotopic (exact) mass is 266 g/mol. The van der Waals surface area contributed by atoms with Gasteiger partial charge in [-0.3, -0.25) is 9.78 Å². The highest BCUT2D eigenvalue weighted by Crippen LogP contribution is 2.16. The van der Waals surface area contributed by atoms with E-state index in [-0.39, 0.29) is 11.9 Å². The lowest BCUT2D eigenvalue weighted by molar-refractivity contribution is -0.117. The molecule has 0 aliphatic heterocycles. The first-order chi connectivity index (χ1) is 9.66. The third kappa shape index (κ3) is 3.79. The number of hydrogen-bond donors (Lipinski definition) is 1. The molecule has 2 rings (SSSR count). The van der Waals surface area contributed by atoms with E-state index in [1.807, 2.05) is 50.2 Å². The predicted molar refractivity (Wildman–Crippen MR) is 81.0 cm³/mol. The summed E-state index contributed by atoms with van der Waals surface area (Å²) in [6.45, 7) is 4.03. The Labute approximate surface area is 119 Å². The molecule has 0 bridgehead atoms. The summed E-state index contributed by atoms with van der Waals surface area (Å²) in [5.74, 6) is -0.107. The lowest BCUT2D eigenvalue weighted by Gasteiger charge is -2.15. The minimum atomic E-state index is -0.107. The van der Waals surface area contributed by atoms with Crippen LogP contribution in [0.2, 0.25) is 0 Å². The Morgan fingerprint density at radius 2 is 2.05 bits per heavy atom. The van der Waals surface area contributed by atoms with Crippen LogP contribution in [0, 0.1) is 6.92 Å². The fourth-order valence-corrected chi connectivity index (χ4v) is 2.06. The molecule has 1 atom stereocenters. The molecule has 3 heteroatoms. The number of amides is 1. The van der Waals surface area contributed by atoms with Crippen molar-refractivity contribution in [2.45, 2.75) is 19.9 Å². The van der Waals surface area contributed by atoms with Gasteiger partial charge in [-0.25, -0.2) is 0 Å². The molecule has 0 radical (unpaired) electrons. The van der Waals surface area contributed by atoms with Crippen molar-refractivity contribution < 1.29 is 4.79 Å². The number of nitrogens with one attached hydrogen (secondary N) is 1. The molecule has 1 amide bonds. The number of benzene rings is 1. The minimum absolute atomic E-state index is 0.0118. The van der Waals surface area contributed by atoms with Crippen molar-refractivity contribution in [3.63, 3.8) is 0 Å². The Balaban J connectivity index is 1.98. The van der Waals surface area contributed by atoms with Crippen LogP contribution in [0.3, 0.4) is 0 Å². The topological polar surface area (TPSA) is 42.0 Å². The quantitative estimate of drug-likeness (QED) is 0.863. The van der Waals surface area contributed by atoms with Gasteiger partial charge in [-0.05, 0) is 42.7 Å². The van der Waals surface area contributed by atoms with E-state index < -0.39 is 0 Å². The normalized spacial score (nSPS) is 12.3. The van der Waals surface area contributed by atoms with Crippen LogP contribution in [0.4, 0.5) is 0 Å². The first-order valence-electron chi connectivity index (χ1n) is 6.61. The van der Waals surface area contributed by atoms with Gasteiger partial charge in [0.15, 0.2) is 0 Å². The van der Waals surface area contributed by atoms with E-state index in [0.717, 1.165) is 11.1 Å². The molecule has 102 valence electrons. The fourth-order valence-electron chi connectivity index (χ4n) is 2.06. The highest BCUT2D eigenvalue weighted by molar-refractivity contribution is 5.91. The summed E-state index contributed by atoms with van der Waals surface area (Å²) in [5.41, 5.74) is 3.22. The number of carbonyl (C=O) groups is 1. The average molecular weight is 266 g/mol. The minimum Gasteiger partial charge on any atom is -0.346 e. The summed E-state index contributed by atoms with van der Waals surface area (Å²) in [6.07, 6.45) is 6.71. The smallest absolute Gasteiger partial charge is 0.244 e. The van der Waals surface area contributed by atoms with Gasteiger partial charge in [0.1, 0.15) is 0 Å². The lowest BCUT2D eigenvalue weighted by atomic mass is 10.0. The zero-order valence-electron chi connectivity index (χ0n) is 11.7. The van der Waals surface area contributed by atoms with Gasteiger partial charge >= 0.3 is 0 Å². The molecule has 0 aliphatic carbocycles. The zero-order chi connectivity index (χ0) is 14.4. The molecule has 0 fully saturated rings.